The van der Waals surface area contributed by atoms with Crippen LogP contribution in [0.5, 0.6) is 0 Å². The van der Waals surface area contributed by atoms with Crippen LogP contribution in [0, 0.1) is 0 Å². The van der Waals surface area contributed by atoms with Gasteiger partial charge in [-0.25, -0.2) is 0 Å². The van der Waals surface area contributed by atoms with E-state index in [0.717, 1.165) is 0 Å². The molecule has 0 aliphatic heterocycles. The van der Waals surface area contributed by atoms with E-state index in [9.17, 15) is 0 Å². The fourth-order valence-electron chi connectivity index (χ4n) is 0. The molecule has 0 fully saturated rings. The van der Waals surface area contributed by atoms with Gasteiger partial charge in [0.05, 0.1) is 0 Å². The quantitative estimate of drug-likeness (QED) is 0.355. The summed E-state index contributed by atoms with van der Waals surface area (Å²) in [4.78, 5) is 0. The zero-order valence-corrected chi connectivity index (χ0v) is 7.03. The van der Waals surface area contributed by atoms with Gasteiger partial charge in [-0.05, 0) is 6.92 Å². The Kier molecular flexibility index (Phi) is 21.2. The van der Waals surface area contributed by atoms with E-state index >= 15 is 0 Å². The van der Waals surface area contributed by atoms with Crippen LogP contribution in [0.3, 0.4) is 0 Å². The van der Waals surface area contributed by atoms with E-state index in [1.54, 1.807) is 6.08 Å². The topological polar surface area (TPSA) is 0 Å². The van der Waals surface area contributed by atoms with Crippen molar-refractivity contribution in [3.8, 4) is 0 Å². The zero-order valence-electron chi connectivity index (χ0n) is 2.99. The molecule has 0 aromatic rings. The molecule has 0 saturated carbocycles. The number of rotatable bonds is 0. The van der Waals surface area contributed by atoms with Crippen LogP contribution in [0.4, 0.5) is 0 Å². The van der Waals surface area contributed by atoms with Crippen molar-refractivity contribution >= 4 is 23.9 Å². The predicted octanol–water partition coefficient (Wildman–Crippen LogP) is 0.276. The average molecular weight is 163 g/mol. The van der Waals surface area contributed by atoms with Crippen molar-refractivity contribution in [1.29, 1.82) is 0 Å². The van der Waals surface area contributed by atoms with E-state index in [1.807, 2.05) is 6.92 Å². The molecule has 0 rings (SSSR count). The molecule has 0 bridgehead atoms. The fourth-order valence-corrected chi connectivity index (χ4v) is 0. The molecule has 0 atom stereocenters. The third-order valence-corrected chi connectivity index (χ3v) is 0. The van der Waals surface area contributed by atoms with Crippen LogP contribution in [0.2, 0.25) is 0 Å². The molecule has 2 radical (unpaired) electrons. The van der Waals surface area contributed by atoms with Gasteiger partial charge in [0.15, 0.2) is 0 Å². The van der Waals surface area contributed by atoms with Gasteiger partial charge in [0.1, 0.15) is 0 Å². The summed E-state index contributed by atoms with van der Waals surface area (Å²) >= 11 is 0. The maximum absolute atomic E-state index is 3.36. The van der Waals surface area contributed by atoms with Crippen LogP contribution in [0.1, 0.15) is 6.92 Å². The molecule has 0 unspecified atom stereocenters. The van der Waals surface area contributed by atoms with Crippen LogP contribution in [0.15, 0.2) is 12.7 Å². The second-order valence-corrected chi connectivity index (χ2v) is 0.408. The normalized spacial score (nSPS) is 3.25. The SMILES string of the molecule is C=CC.[SnH2]. The van der Waals surface area contributed by atoms with Gasteiger partial charge < -0.3 is 0 Å². The monoisotopic (exact) mass is 164 g/mol. The molecular formula is C3H8Sn. The van der Waals surface area contributed by atoms with E-state index in [1.165, 1.54) is 0 Å². The van der Waals surface area contributed by atoms with Crippen molar-refractivity contribution in [3.05, 3.63) is 12.7 Å². The molecule has 0 nitrogen and oxygen atoms in total. The Morgan fingerprint density at radius 3 is 1.75 bits per heavy atom. The predicted molar refractivity (Wildman–Crippen MR) is 24.4 cm³/mol. The van der Waals surface area contributed by atoms with Crippen LogP contribution in [-0.4, -0.2) is 23.9 Å². The zero-order chi connectivity index (χ0) is 2.71. The van der Waals surface area contributed by atoms with Crippen molar-refractivity contribution in [3.63, 3.8) is 0 Å². The van der Waals surface area contributed by atoms with E-state index in [0.29, 0.717) is 0 Å². The Balaban J connectivity index is 0. The van der Waals surface area contributed by atoms with Gasteiger partial charge in [-0.15, -0.1) is 6.58 Å². The maximum atomic E-state index is 3.36. The minimum absolute atomic E-state index is 0. The molecule has 0 N–H and O–H groups in total. The summed E-state index contributed by atoms with van der Waals surface area (Å²) in [5, 5.41) is 0. The molecule has 0 aliphatic rings. The van der Waals surface area contributed by atoms with Gasteiger partial charge in [0.25, 0.3) is 0 Å². The standard InChI is InChI=1S/C3H6.Sn.2H/c1-3-2;;;/h3H,1H2,2H3;;;. The Morgan fingerprint density at radius 2 is 1.75 bits per heavy atom. The summed E-state index contributed by atoms with van der Waals surface area (Å²) in [5.74, 6) is 0. The van der Waals surface area contributed by atoms with Gasteiger partial charge in [0.2, 0.25) is 0 Å². The average Bonchev–Trinajstić information content (AvgIpc) is 0.918. The van der Waals surface area contributed by atoms with Crippen molar-refractivity contribution in [1.82, 2.24) is 0 Å². The number of hydrogen-bond donors (Lipinski definition) is 0. The van der Waals surface area contributed by atoms with Crippen molar-refractivity contribution in [2.75, 3.05) is 0 Å². The first-order valence-electron chi connectivity index (χ1n) is 0.986. The molecule has 4 heavy (non-hydrogen) atoms. The fraction of sp³-hybridized carbons (Fsp3) is 0.333. The van der Waals surface area contributed by atoms with Crippen molar-refractivity contribution in [2.45, 2.75) is 6.92 Å². The van der Waals surface area contributed by atoms with E-state index in [-0.39, 0.29) is 23.9 Å². The Morgan fingerprint density at radius 1 is 1.75 bits per heavy atom. The first-order valence-corrected chi connectivity index (χ1v) is 0.986. The number of hydrogen-bond acceptors (Lipinski definition) is 0. The number of allylic oxidation sites excluding steroid dienone is 1. The van der Waals surface area contributed by atoms with Gasteiger partial charge in [-0.3, -0.25) is 0 Å². The van der Waals surface area contributed by atoms with Gasteiger partial charge in [-0.2, -0.15) is 0 Å². The van der Waals surface area contributed by atoms with Crippen LogP contribution in [-0.2, 0) is 0 Å². The summed E-state index contributed by atoms with van der Waals surface area (Å²) in [6, 6.07) is 0. The summed E-state index contributed by atoms with van der Waals surface area (Å²) in [5.41, 5.74) is 0. The summed E-state index contributed by atoms with van der Waals surface area (Å²) in [7, 11) is 0. The minimum atomic E-state index is 0. The van der Waals surface area contributed by atoms with E-state index < -0.39 is 0 Å². The first-order chi connectivity index (χ1) is 1.41. The second kappa shape index (κ2) is 9.63. The second-order valence-electron chi connectivity index (χ2n) is 0.408. The van der Waals surface area contributed by atoms with E-state index in [2.05, 4.69) is 6.58 Å². The van der Waals surface area contributed by atoms with Crippen molar-refractivity contribution in [2.24, 2.45) is 0 Å². The van der Waals surface area contributed by atoms with Crippen LogP contribution >= 0.6 is 0 Å². The Bertz CT molecular complexity index is 10.8. The molecule has 0 saturated heterocycles. The molecule has 0 aliphatic carbocycles. The molecule has 24 valence electrons. The molecular weight excluding hydrogens is 155 g/mol. The molecule has 0 aromatic carbocycles. The molecule has 0 spiro atoms. The van der Waals surface area contributed by atoms with Crippen LogP contribution < -0.4 is 0 Å². The van der Waals surface area contributed by atoms with Gasteiger partial charge >= 0.3 is 23.9 Å². The molecule has 1 heteroatoms. The van der Waals surface area contributed by atoms with Gasteiger partial charge in [0, 0.05) is 0 Å². The summed E-state index contributed by atoms with van der Waals surface area (Å²) < 4.78 is 0. The van der Waals surface area contributed by atoms with Crippen molar-refractivity contribution < 1.29 is 0 Å². The molecule has 0 heterocycles. The first kappa shape index (κ1) is 8.82. The Hall–Kier alpha value is 0.539. The summed E-state index contributed by atoms with van der Waals surface area (Å²) in [6.45, 7) is 5.25. The van der Waals surface area contributed by atoms with Crippen LogP contribution in [0.25, 0.3) is 0 Å². The third kappa shape index (κ3) is 20.7. The van der Waals surface area contributed by atoms with E-state index in [4.69, 9.17) is 0 Å². The molecule has 0 amide bonds. The third-order valence-electron chi connectivity index (χ3n) is 0. The Labute approximate surface area is 43.9 Å². The summed E-state index contributed by atoms with van der Waals surface area (Å²) in [6.07, 6.45) is 1.75. The van der Waals surface area contributed by atoms with Gasteiger partial charge in [-0.1, -0.05) is 6.08 Å². The molecule has 0 aromatic heterocycles.